The van der Waals surface area contributed by atoms with Crippen molar-refractivity contribution in [2.75, 3.05) is 19.7 Å². The molecule has 0 aromatic heterocycles. The first kappa shape index (κ1) is 14.6. The summed E-state index contributed by atoms with van der Waals surface area (Å²) in [5.41, 5.74) is 2.25. The standard InChI is InChI=1S/C17H19N3O2S/c21-16-15(11-12-4-5-14-13(10-12)6-9-22-14)23-17(18-16)19-20-7-2-1-3-8-20/h4-5,10-11H,1-3,6-9H2,(H,18,19,21)/b15-11+. The SMILES string of the molecule is O=C1NC(=NN2CCCCC2)S/C1=C/c1ccc2c(c1)CCO2. The maximum absolute atomic E-state index is 12.1. The molecule has 1 N–H and O–H groups in total. The van der Waals surface area contributed by atoms with Crippen molar-refractivity contribution in [2.45, 2.75) is 25.7 Å². The summed E-state index contributed by atoms with van der Waals surface area (Å²) in [4.78, 5) is 12.8. The van der Waals surface area contributed by atoms with Crippen molar-refractivity contribution in [2.24, 2.45) is 5.10 Å². The van der Waals surface area contributed by atoms with E-state index >= 15 is 0 Å². The van der Waals surface area contributed by atoms with E-state index in [1.165, 1.54) is 36.6 Å². The summed E-state index contributed by atoms with van der Waals surface area (Å²) in [5.74, 6) is 0.894. The van der Waals surface area contributed by atoms with Crippen LogP contribution in [0.4, 0.5) is 0 Å². The Morgan fingerprint density at radius 1 is 1.26 bits per heavy atom. The Morgan fingerprint density at radius 2 is 2.13 bits per heavy atom. The van der Waals surface area contributed by atoms with Gasteiger partial charge < -0.3 is 4.74 Å². The number of nitrogens with one attached hydrogen (secondary N) is 1. The molecule has 3 aliphatic rings. The molecule has 3 aliphatic heterocycles. The molecule has 0 unspecified atom stereocenters. The molecule has 0 bridgehead atoms. The van der Waals surface area contributed by atoms with E-state index in [0.717, 1.165) is 37.4 Å². The van der Waals surface area contributed by atoms with Gasteiger partial charge >= 0.3 is 0 Å². The molecule has 2 fully saturated rings. The van der Waals surface area contributed by atoms with Crippen molar-refractivity contribution in [3.63, 3.8) is 0 Å². The highest BCUT2D eigenvalue weighted by Crippen LogP contribution is 2.30. The smallest absolute Gasteiger partial charge is 0.264 e. The molecular weight excluding hydrogens is 310 g/mol. The van der Waals surface area contributed by atoms with Gasteiger partial charge in [0, 0.05) is 19.5 Å². The summed E-state index contributed by atoms with van der Waals surface area (Å²) in [6, 6.07) is 6.07. The number of rotatable bonds is 2. The lowest BCUT2D eigenvalue weighted by Gasteiger charge is -2.23. The number of benzene rings is 1. The third kappa shape index (κ3) is 3.22. The van der Waals surface area contributed by atoms with Crippen molar-refractivity contribution in [3.05, 3.63) is 34.2 Å². The Kier molecular flexibility index (Phi) is 3.99. The molecule has 1 amide bonds. The first-order chi connectivity index (χ1) is 11.3. The van der Waals surface area contributed by atoms with Crippen molar-refractivity contribution in [1.82, 2.24) is 10.3 Å². The van der Waals surface area contributed by atoms with Gasteiger partial charge in [-0.3, -0.25) is 15.1 Å². The summed E-state index contributed by atoms with van der Waals surface area (Å²) in [5, 5.41) is 10.2. The average molecular weight is 329 g/mol. The minimum Gasteiger partial charge on any atom is -0.493 e. The summed E-state index contributed by atoms with van der Waals surface area (Å²) in [7, 11) is 0. The minimum atomic E-state index is -0.0671. The van der Waals surface area contributed by atoms with Gasteiger partial charge in [-0.2, -0.15) is 5.10 Å². The van der Waals surface area contributed by atoms with Crippen molar-refractivity contribution >= 4 is 28.9 Å². The second-order valence-corrected chi connectivity index (χ2v) is 6.98. The van der Waals surface area contributed by atoms with E-state index in [4.69, 9.17) is 4.74 Å². The Morgan fingerprint density at radius 3 is 3.00 bits per heavy atom. The number of fused-ring (bicyclic) bond motifs is 1. The normalized spacial score (nSPS) is 24.0. The molecule has 23 heavy (non-hydrogen) atoms. The maximum atomic E-state index is 12.1. The van der Waals surface area contributed by atoms with E-state index in [1.54, 1.807) is 0 Å². The molecule has 3 heterocycles. The Balaban J connectivity index is 1.50. The lowest BCUT2D eigenvalue weighted by atomic mass is 10.1. The minimum absolute atomic E-state index is 0.0671. The lowest BCUT2D eigenvalue weighted by molar-refractivity contribution is -0.115. The van der Waals surface area contributed by atoms with Gasteiger partial charge in [-0.25, -0.2) is 0 Å². The molecule has 1 aromatic rings. The number of amides is 1. The number of nitrogens with zero attached hydrogens (tertiary/aromatic N) is 2. The van der Waals surface area contributed by atoms with Gasteiger partial charge in [-0.15, -0.1) is 0 Å². The zero-order valence-electron chi connectivity index (χ0n) is 12.9. The van der Waals surface area contributed by atoms with Crippen LogP contribution in [-0.2, 0) is 11.2 Å². The van der Waals surface area contributed by atoms with Crippen LogP contribution in [0.15, 0.2) is 28.2 Å². The molecule has 0 radical (unpaired) electrons. The molecule has 6 heteroatoms. The number of carbonyl (C=O) groups excluding carboxylic acids is 1. The molecule has 0 aliphatic carbocycles. The largest absolute Gasteiger partial charge is 0.493 e. The summed E-state index contributed by atoms with van der Waals surface area (Å²) < 4.78 is 5.52. The van der Waals surface area contributed by atoms with Gasteiger partial charge in [-0.05, 0) is 60.4 Å². The predicted octanol–water partition coefficient (Wildman–Crippen LogP) is 2.58. The van der Waals surface area contributed by atoms with E-state index in [2.05, 4.69) is 21.5 Å². The van der Waals surface area contributed by atoms with Crippen molar-refractivity contribution < 1.29 is 9.53 Å². The number of thioether (sulfide) groups is 1. The maximum Gasteiger partial charge on any atom is 0.264 e. The molecule has 120 valence electrons. The molecular formula is C17H19N3O2S. The number of hydrogen-bond acceptors (Lipinski definition) is 5. The fraction of sp³-hybridized carbons (Fsp3) is 0.412. The van der Waals surface area contributed by atoms with Crippen LogP contribution in [0.3, 0.4) is 0 Å². The predicted molar refractivity (Wildman–Crippen MR) is 92.2 cm³/mol. The zero-order valence-corrected chi connectivity index (χ0v) is 13.7. The summed E-state index contributed by atoms with van der Waals surface area (Å²) in [6.07, 6.45) is 6.49. The van der Waals surface area contributed by atoms with Gasteiger partial charge in [0.2, 0.25) is 0 Å². The highest BCUT2D eigenvalue weighted by molar-refractivity contribution is 8.18. The monoisotopic (exact) mass is 329 g/mol. The van der Waals surface area contributed by atoms with E-state index in [-0.39, 0.29) is 5.91 Å². The molecule has 0 spiro atoms. The highest BCUT2D eigenvalue weighted by atomic mass is 32.2. The van der Waals surface area contributed by atoms with Crippen LogP contribution in [0.25, 0.3) is 6.08 Å². The van der Waals surface area contributed by atoms with Gasteiger partial charge in [-0.1, -0.05) is 6.07 Å². The summed E-state index contributed by atoms with van der Waals surface area (Å²) in [6.45, 7) is 2.70. The Labute approximate surface area is 139 Å². The van der Waals surface area contributed by atoms with Crippen LogP contribution in [0.2, 0.25) is 0 Å². The van der Waals surface area contributed by atoms with Crippen LogP contribution in [0.1, 0.15) is 30.4 Å². The number of hydrogen-bond donors (Lipinski definition) is 1. The first-order valence-corrected chi connectivity index (χ1v) is 8.90. The first-order valence-electron chi connectivity index (χ1n) is 8.08. The number of piperidine rings is 1. The van der Waals surface area contributed by atoms with Crippen LogP contribution < -0.4 is 10.1 Å². The van der Waals surface area contributed by atoms with E-state index in [1.807, 2.05) is 18.2 Å². The van der Waals surface area contributed by atoms with Crippen LogP contribution in [0, 0.1) is 0 Å². The van der Waals surface area contributed by atoms with Crippen molar-refractivity contribution in [1.29, 1.82) is 0 Å². The van der Waals surface area contributed by atoms with Gasteiger partial charge in [0.1, 0.15) is 5.75 Å². The average Bonchev–Trinajstić information content (AvgIpc) is 3.15. The number of ether oxygens (including phenoxy) is 1. The van der Waals surface area contributed by atoms with Crippen molar-refractivity contribution in [3.8, 4) is 5.75 Å². The third-order valence-electron chi connectivity index (χ3n) is 4.23. The molecule has 5 nitrogen and oxygen atoms in total. The number of carbonyl (C=O) groups is 1. The Hall–Kier alpha value is -1.95. The topological polar surface area (TPSA) is 53.9 Å². The zero-order chi connectivity index (χ0) is 15.6. The van der Waals surface area contributed by atoms with E-state index in [0.29, 0.717) is 10.1 Å². The fourth-order valence-corrected chi connectivity index (χ4v) is 3.88. The molecule has 4 rings (SSSR count). The molecule has 1 aromatic carbocycles. The molecule has 0 atom stereocenters. The third-order valence-corrected chi connectivity index (χ3v) is 5.13. The van der Waals surface area contributed by atoms with Gasteiger partial charge in [0.15, 0.2) is 5.17 Å². The second kappa shape index (κ2) is 6.28. The van der Waals surface area contributed by atoms with Crippen LogP contribution >= 0.6 is 11.8 Å². The summed E-state index contributed by atoms with van der Waals surface area (Å²) >= 11 is 1.42. The fourth-order valence-electron chi connectivity index (χ4n) is 3.03. The van der Waals surface area contributed by atoms with E-state index < -0.39 is 0 Å². The van der Waals surface area contributed by atoms with E-state index in [9.17, 15) is 4.79 Å². The second-order valence-electron chi connectivity index (χ2n) is 5.95. The highest BCUT2D eigenvalue weighted by Gasteiger charge is 2.25. The van der Waals surface area contributed by atoms with Crippen LogP contribution in [0.5, 0.6) is 5.75 Å². The quantitative estimate of drug-likeness (QED) is 0.848. The van der Waals surface area contributed by atoms with Crippen LogP contribution in [-0.4, -0.2) is 35.8 Å². The van der Waals surface area contributed by atoms with Gasteiger partial charge in [0.25, 0.3) is 5.91 Å². The van der Waals surface area contributed by atoms with Gasteiger partial charge in [0.05, 0.1) is 11.5 Å². The Bertz CT molecular complexity index is 693. The molecule has 2 saturated heterocycles. The molecule has 0 saturated carbocycles. The number of amidine groups is 1. The lowest BCUT2D eigenvalue weighted by Crippen LogP contribution is -2.28. The number of hydrazone groups is 1.